The Morgan fingerprint density at radius 3 is 2.48 bits per heavy atom. The van der Waals surface area contributed by atoms with E-state index in [1.54, 1.807) is 42.5 Å². The number of halogens is 2. The third-order valence-electron chi connectivity index (χ3n) is 2.95. The molecular formula is C16H13Cl2NO2. The van der Waals surface area contributed by atoms with Crippen LogP contribution < -0.4 is 5.32 Å². The molecule has 1 N–H and O–H groups in total. The number of benzene rings is 2. The van der Waals surface area contributed by atoms with Crippen molar-refractivity contribution in [1.29, 1.82) is 0 Å². The molecule has 0 atom stereocenters. The molecule has 3 nitrogen and oxygen atoms in total. The van der Waals surface area contributed by atoms with Crippen molar-refractivity contribution >= 4 is 40.6 Å². The second-order valence-corrected chi connectivity index (χ2v) is 5.41. The molecule has 21 heavy (non-hydrogen) atoms. The van der Waals surface area contributed by atoms with Gasteiger partial charge in [0.2, 0.25) is 5.91 Å². The molecule has 0 aromatic heterocycles. The lowest BCUT2D eigenvalue weighted by Gasteiger charge is -2.10. The number of hydrogen-bond acceptors (Lipinski definition) is 2. The molecule has 0 fully saturated rings. The number of hydrogen-bond donors (Lipinski definition) is 1. The first kappa shape index (κ1) is 15.5. The number of carbonyl (C=O) groups excluding carboxylic acids is 2. The molecule has 0 aliphatic carbocycles. The van der Waals surface area contributed by atoms with E-state index in [2.05, 4.69) is 5.32 Å². The Bertz CT molecular complexity index is 698. The zero-order valence-corrected chi connectivity index (χ0v) is 12.8. The van der Waals surface area contributed by atoms with Gasteiger partial charge in [-0.05, 0) is 36.8 Å². The van der Waals surface area contributed by atoms with E-state index in [4.69, 9.17) is 23.2 Å². The molecule has 2 aromatic rings. The van der Waals surface area contributed by atoms with Crippen LogP contribution in [-0.2, 0) is 11.2 Å². The van der Waals surface area contributed by atoms with Gasteiger partial charge in [0.1, 0.15) is 0 Å². The number of rotatable bonds is 4. The van der Waals surface area contributed by atoms with Gasteiger partial charge in [-0.15, -0.1) is 0 Å². The van der Waals surface area contributed by atoms with Crippen LogP contribution in [0.2, 0.25) is 10.0 Å². The van der Waals surface area contributed by atoms with Crippen LogP contribution in [0.3, 0.4) is 0 Å². The summed E-state index contributed by atoms with van der Waals surface area (Å²) in [5.41, 5.74) is 1.66. The molecule has 0 saturated carbocycles. The van der Waals surface area contributed by atoms with E-state index in [-0.39, 0.29) is 18.1 Å². The maximum Gasteiger partial charge on any atom is 0.228 e. The van der Waals surface area contributed by atoms with E-state index in [9.17, 15) is 9.59 Å². The van der Waals surface area contributed by atoms with Crippen molar-refractivity contribution < 1.29 is 9.59 Å². The van der Waals surface area contributed by atoms with E-state index in [0.717, 1.165) is 0 Å². The van der Waals surface area contributed by atoms with Crippen LogP contribution in [0.1, 0.15) is 22.8 Å². The smallest absolute Gasteiger partial charge is 0.228 e. The maximum absolute atomic E-state index is 12.1. The molecular weight excluding hydrogens is 309 g/mol. The average Bonchev–Trinajstić information content (AvgIpc) is 2.42. The zero-order chi connectivity index (χ0) is 15.4. The van der Waals surface area contributed by atoms with Crippen molar-refractivity contribution in [3.8, 4) is 0 Å². The van der Waals surface area contributed by atoms with Crippen molar-refractivity contribution in [2.45, 2.75) is 13.3 Å². The highest BCUT2D eigenvalue weighted by atomic mass is 35.5. The summed E-state index contributed by atoms with van der Waals surface area (Å²) in [6.07, 6.45) is 0.113. The normalized spacial score (nSPS) is 10.2. The third kappa shape index (κ3) is 4.06. The predicted octanol–water partition coefficient (Wildman–Crippen LogP) is 4.38. The van der Waals surface area contributed by atoms with Crippen molar-refractivity contribution in [2.24, 2.45) is 0 Å². The average molecular weight is 322 g/mol. The lowest BCUT2D eigenvalue weighted by Crippen LogP contribution is -2.16. The summed E-state index contributed by atoms with van der Waals surface area (Å²) in [5.74, 6) is -0.344. The quantitative estimate of drug-likeness (QED) is 0.849. The molecule has 5 heteroatoms. The van der Waals surface area contributed by atoms with Gasteiger partial charge < -0.3 is 5.32 Å². The van der Waals surface area contributed by atoms with E-state index >= 15 is 0 Å². The summed E-state index contributed by atoms with van der Waals surface area (Å²) < 4.78 is 0. The number of carbonyl (C=O) groups is 2. The van der Waals surface area contributed by atoms with Crippen LogP contribution in [0.15, 0.2) is 42.5 Å². The highest BCUT2D eigenvalue weighted by molar-refractivity contribution is 6.35. The number of nitrogens with one attached hydrogen (secondary N) is 1. The number of amides is 1. The Labute approximate surface area is 132 Å². The second kappa shape index (κ2) is 6.74. The topological polar surface area (TPSA) is 46.2 Å². The molecule has 0 unspecified atom stereocenters. The highest BCUT2D eigenvalue weighted by Crippen LogP contribution is 2.22. The molecule has 2 aromatic carbocycles. The first-order valence-corrected chi connectivity index (χ1v) is 7.06. The summed E-state index contributed by atoms with van der Waals surface area (Å²) >= 11 is 11.9. The van der Waals surface area contributed by atoms with Gasteiger partial charge in [0.05, 0.1) is 12.1 Å². The number of Topliss-reactive ketones (excluding diaryl/α,β-unsaturated/α-hetero) is 1. The van der Waals surface area contributed by atoms with Crippen LogP contribution >= 0.6 is 23.2 Å². The fourth-order valence-electron chi connectivity index (χ4n) is 1.93. The van der Waals surface area contributed by atoms with Crippen LogP contribution in [0.4, 0.5) is 5.69 Å². The fourth-order valence-corrected chi connectivity index (χ4v) is 2.41. The molecule has 0 saturated heterocycles. The van der Waals surface area contributed by atoms with Gasteiger partial charge in [-0.2, -0.15) is 0 Å². The monoisotopic (exact) mass is 321 g/mol. The molecule has 0 bridgehead atoms. The fraction of sp³-hybridized carbons (Fsp3) is 0.125. The van der Waals surface area contributed by atoms with Gasteiger partial charge in [0, 0.05) is 15.6 Å². The van der Waals surface area contributed by atoms with Crippen molar-refractivity contribution in [1.82, 2.24) is 0 Å². The molecule has 0 aliphatic heterocycles. The standard InChI is InChI=1S/C16H13Cl2NO2/c1-10(20)13-4-2-3-5-15(13)19-16(21)8-11-6-7-12(17)9-14(11)18/h2-7,9H,8H2,1H3,(H,19,21). The number of ketones is 1. The molecule has 108 valence electrons. The van der Waals surface area contributed by atoms with E-state index in [1.165, 1.54) is 6.92 Å². The highest BCUT2D eigenvalue weighted by Gasteiger charge is 2.11. The number of anilines is 1. The minimum Gasteiger partial charge on any atom is -0.325 e. The van der Waals surface area contributed by atoms with Crippen molar-refractivity contribution in [3.05, 3.63) is 63.6 Å². The molecule has 0 radical (unpaired) electrons. The van der Waals surface area contributed by atoms with Gasteiger partial charge in [0.25, 0.3) is 0 Å². The molecule has 0 heterocycles. The maximum atomic E-state index is 12.1. The van der Waals surface area contributed by atoms with Gasteiger partial charge in [-0.25, -0.2) is 0 Å². The number of para-hydroxylation sites is 1. The van der Waals surface area contributed by atoms with E-state index in [1.807, 2.05) is 0 Å². The first-order valence-electron chi connectivity index (χ1n) is 6.31. The van der Waals surface area contributed by atoms with Gasteiger partial charge in [-0.1, -0.05) is 41.4 Å². The Morgan fingerprint density at radius 2 is 1.81 bits per heavy atom. The van der Waals surface area contributed by atoms with Crippen LogP contribution in [0.25, 0.3) is 0 Å². The van der Waals surface area contributed by atoms with Crippen LogP contribution in [0, 0.1) is 0 Å². The van der Waals surface area contributed by atoms with Crippen LogP contribution in [-0.4, -0.2) is 11.7 Å². The van der Waals surface area contributed by atoms with Gasteiger partial charge in [0.15, 0.2) is 5.78 Å². The minimum absolute atomic E-state index is 0.101. The summed E-state index contributed by atoms with van der Waals surface area (Å²) in [6, 6.07) is 11.9. The molecule has 1 amide bonds. The summed E-state index contributed by atoms with van der Waals surface area (Å²) in [6.45, 7) is 1.46. The lowest BCUT2D eigenvalue weighted by atomic mass is 10.1. The third-order valence-corrected chi connectivity index (χ3v) is 3.53. The summed E-state index contributed by atoms with van der Waals surface area (Å²) in [7, 11) is 0. The summed E-state index contributed by atoms with van der Waals surface area (Å²) in [5, 5.41) is 3.69. The minimum atomic E-state index is -0.243. The van der Waals surface area contributed by atoms with Gasteiger partial charge in [-0.3, -0.25) is 9.59 Å². The Balaban J connectivity index is 2.14. The van der Waals surface area contributed by atoms with Gasteiger partial charge >= 0.3 is 0 Å². The van der Waals surface area contributed by atoms with Crippen molar-refractivity contribution in [2.75, 3.05) is 5.32 Å². The lowest BCUT2D eigenvalue weighted by molar-refractivity contribution is -0.115. The van der Waals surface area contributed by atoms with Crippen molar-refractivity contribution in [3.63, 3.8) is 0 Å². The van der Waals surface area contributed by atoms with E-state index in [0.29, 0.717) is 26.9 Å². The largest absolute Gasteiger partial charge is 0.325 e. The molecule has 2 rings (SSSR count). The second-order valence-electron chi connectivity index (χ2n) is 4.56. The van der Waals surface area contributed by atoms with E-state index < -0.39 is 0 Å². The molecule has 0 spiro atoms. The Kier molecular flexibility index (Phi) is 4.99. The van der Waals surface area contributed by atoms with Crippen LogP contribution in [0.5, 0.6) is 0 Å². The zero-order valence-electron chi connectivity index (χ0n) is 11.3. The predicted molar refractivity (Wildman–Crippen MR) is 85.2 cm³/mol. The Hall–Kier alpha value is -1.84. The Morgan fingerprint density at radius 1 is 1.10 bits per heavy atom. The first-order chi connectivity index (χ1) is 9.97. The summed E-state index contributed by atoms with van der Waals surface area (Å²) in [4.78, 5) is 23.6. The molecule has 0 aliphatic rings. The SMILES string of the molecule is CC(=O)c1ccccc1NC(=O)Cc1ccc(Cl)cc1Cl.